The summed E-state index contributed by atoms with van der Waals surface area (Å²) in [6.07, 6.45) is 2.72. The van der Waals surface area contributed by atoms with E-state index >= 15 is 0 Å². The van der Waals surface area contributed by atoms with Crippen molar-refractivity contribution in [3.63, 3.8) is 0 Å². The zero-order valence-electron chi connectivity index (χ0n) is 6.65. The average molecular weight is 167 g/mol. The zero-order valence-corrected chi connectivity index (χ0v) is 6.65. The predicted octanol–water partition coefficient (Wildman–Crippen LogP) is -0.0258. The molecule has 1 aromatic rings. The third-order valence-corrected chi connectivity index (χ3v) is 1.16. The lowest BCUT2D eigenvalue weighted by atomic mass is 10.4. The Morgan fingerprint density at radius 2 is 2.42 bits per heavy atom. The molecule has 1 rings (SSSR count). The van der Waals surface area contributed by atoms with Crippen LogP contribution in [0.3, 0.4) is 0 Å². The molecule has 0 aliphatic carbocycles. The monoisotopic (exact) mass is 167 g/mol. The summed E-state index contributed by atoms with van der Waals surface area (Å²) in [7, 11) is 0. The SMILES string of the molecule is CCOc1cncc(C(N)=O)n1. The summed E-state index contributed by atoms with van der Waals surface area (Å²) in [5, 5.41) is 0. The van der Waals surface area contributed by atoms with Gasteiger partial charge in [0.2, 0.25) is 5.88 Å². The fourth-order valence-electron chi connectivity index (χ4n) is 0.684. The van der Waals surface area contributed by atoms with E-state index in [1.807, 2.05) is 6.92 Å². The van der Waals surface area contributed by atoms with Crippen LogP contribution < -0.4 is 10.5 Å². The molecule has 0 aliphatic rings. The number of amides is 1. The average Bonchev–Trinajstić information content (AvgIpc) is 2.05. The van der Waals surface area contributed by atoms with Crippen molar-refractivity contribution in [3.05, 3.63) is 18.1 Å². The highest BCUT2D eigenvalue weighted by molar-refractivity contribution is 5.90. The second kappa shape index (κ2) is 3.66. The zero-order chi connectivity index (χ0) is 8.97. The predicted molar refractivity (Wildman–Crippen MR) is 41.7 cm³/mol. The second-order valence-corrected chi connectivity index (χ2v) is 2.04. The van der Waals surface area contributed by atoms with Crippen LogP contribution in [0.2, 0.25) is 0 Å². The van der Waals surface area contributed by atoms with Gasteiger partial charge in [0, 0.05) is 0 Å². The number of nitrogens with two attached hydrogens (primary N) is 1. The third-order valence-electron chi connectivity index (χ3n) is 1.16. The van der Waals surface area contributed by atoms with Crippen molar-refractivity contribution in [1.82, 2.24) is 9.97 Å². The van der Waals surface area contributed by atoms with E-state index in [9.17, 15) is 4.79 Å². The molecule has 0 spiro atoms. The van der Waals surface area contributed by atoms with Crippen LogP contribution in [-0.4, -0.2) is 22.5 Å². The van der Waals surface area contributed by atoms with E-state index in [0.29, 0.717) is 12.5 Å². The molecular formula is C7H9N3O2. The molecule has 0 unspecified atom stereocenters. The molecule has 0 saturated carbocycles. The first-order valence-electron chi connectivity index (χ1n) is 3.48. The molecule has 1 heterocycles. The van der Waals surface area contributed by atoms with Gasteiger partial charge in [0.15, 0.2) is 0 Å². The van der Waals surface area contributed by atoms with Crippen molar-refractivity contribution in [2.75, 3.05) is 6.61 Å². The van der Waals surface area contributed by atoms with Gasteiger partial charge in [0.25, 0.3) is 5.91 Å². The van der Waals surface area contributed by atoms with Crippen molar-refractivity contribution in [2.24, 2.45) is 5.73 Å². The Kier molecular flexibility index (Phi) is 2.57. The van der Waals surface area contributed by atoms with Crippen molar-refractivity contribution < 1.29 is 9.53 Å². The molecule has 64 valence electrons. The van der Waals surface area contributed by atoms with Crippen LogP contribution in [0.5, 0.6) is 5.88 Å². The lowest BCUT2D eigenvalue weighted by molar-refractivity contribution is 0.0994. The standard InChI is InChI=1S/C7H9N3O2/c1-2-12-6-4-9-3-5(10-6)7(8)11/h3-4H,2H2,1H3,(H2,8,11). The van der Waals surface area contributed by atoms with Gasteiger partial charge in [0.1, 0.15) is 5.69 Å². The van der Waals surface area contributed by atoms with E-state index in [-0.39, 0.29) is 5.69 Å². The first-order chi connectivity index (χ1) is 5.74. The van der Waals surface area contributed by atoms with Crippen LogP contribution >= 0.6 is 0 Å². The van der Waals surface area contributed by atoms with Gasteiger partial charge in [-0.25, -0.2) is 4.98 Å². The van der Waals surface area contributed by atoms with Gasteiger partial charge in [-0.2, -0.15) is 0 Å². The topological polar surface area (TPSA) is 78.1 Å². The van der Waals surface area contributed by atoms with Crippen LogP contribution in [0, 0.1) is 0 Å². The Morgan fingerprint density at radius 3 is 3.00 bits per heavy atom. The largest absolute Gasteiger partial charge is 0.477 e. The molecule has 2 N–H and O–H groups in total. The van der Waals surface area contributed by atoms with E-state index in [4.69, 9.17) is 10.5 Å². The quantitative estimate of drug-likeness (QED) is 0.685. The van der Waals surface area contributed by atoms with Gasteiger partial charge in [0.05, 0.1) is 19.0 Å². The molecule has 0 aliphatic heterocycles. The smallest absolute Gasteiger partial charge is 0.269 e. The van der Waals surface area contributed by atoms with E-state index < -0.39 is 5.91 Å². The lowest BCUT2D eigenvalue weighted by Crippen LogP contribution is -2.13. The Hall–Kier alpha value is -1.65. The van der Waals surface area contributed by atoms with E-state index in [0.717, 1.165) is 0 Å². The summed E-state index contributed by atoms with van der Waals surface area (Å²) in [5.41, 5.74) is 5.09. The first-order valence-corrected chi connectivity index (χ1v) is 3.48. The highest BCUT2D eigenvalue weighted by atomic mass is 16.5. The Labute approximate surface area is 69.6 Å². The minimum atomic E-state index is -0.607. The minimum Gasteiger partial charge on any atom is -0.477 e. The molecule has 1 amide bonds. The summed E-state index contributed by atoms with van der Waals surface area (Å²) in [5.74, 6) is -0.294. The number of ether oxygens (including phenoxy) is 1. The van der Waals surface area contributed by atoms with Crippen molar-refractivity contribution in [2.45, 2.75) is 6.92 Å². The fraction of sp³-hybridized carbons (Fsp3) is 0.286. The molecule has 0 bridgehead atoms. The van der Waals surface area contributed by atoms with Gasteiger partial charge in [-0.05, 0) is 6.92 Å². The molecule has 0 aromatic carbocycles. The summed E-state index contributed by atoms with van der Waals surface area (Å²) in [6.45, 7) is 2.30. The molecule has 12 heavy (non-hydrogen) atoms. The highest BCUT2D eigenvalue weighted by Crippen LogP contribution is 2.03. The molecule has 5 nitrogen and oxygen atoms in total. The number of hydrogen-bond acceptors (Lipinski definition) is 4. The second-order valence-electron chi connectivity index (χ2n) is 2.04. The van der Waals surface area contributed by atoms with Crippen LogP contribution in [0.25, 0.3) is 0 Å². The van der Waals surface area contributed by atoms with Crippen LogP contribution in [0.4, 0.5) is 0 Å². The third kappa shape index (κ3) is 1.91. The number of carbonyl (C=O) groups excluding carboxylic acids is 1. The van der Waals surface area contributed by atoms with Crippen LogP contribution in [0.15, 0.2) is 12.4 Å². The number of aromatic nitrogens is 2. The molecule has 0 fully saturated rings. The van der Waals surface area contributed by atoms with Crippen molar-refractivity contribution >= 4 is 5.91 Å². The Balaban J connectivity index is 2.88. The summed E-state index contributed by atoms with van der Waals surface area (Å²) in [6, 6.07) is 0. The highest BCUT2D eigenvalue weighted by Gasteiger charge is 2.03. The van der Waals surface area contributed by atoms with Crippen LogP contribution in [0.1, 0.15) is 17.4 Å². The fourth-order valence-corrected chi connectivity index (χ4v) is 0.684. The number of hydrogen-bond donors (Lipinski definition) is 1. The molecular weight excluding hydrogens is 158 g/mol. The minimum absolute atomic E-state index is 0.112. The van der Waals surface area contributed by atoms with Crippen molar-refractivity contribution in [1.29, 1.82) is 0 Å². The number of carbonyl (C=O) groups is 1. The summed E-state index contributed by atoms with van der Waals surface area (Å²) < 4.78 is 5.02. The van der Waals surface area contributed by atoms with Crippen LogP contribution in [-0.2, 0) is 0 Å². The van der Waals surface area contributed by atoms with Gasteiger partial charge in [-0.1, -0.05) is 0 Å². The number of rotatable bonds is 3. The van der Waals surface area contributed by atoms with Gasteiger partial charge >= 0.3 is 0 Å². The Bertz CT molecular complexity index is 288. The molecule has 5 heteroatoms. The molecule has 0 radical (unpaired) electrons. The molecule has 0 atom stereocenters. The lowest BCUT2D eigenvalue weighted by Gasteiger charge is -2.00. The summed E-state index contributed by atoms with van der Waals surface area (Å²) in [4.78, 5) is 18.2. The normalized spacial score (nSPS) is 9.42. The van der Waals surface area contributed by atoms with Gasteiger partial charge in [-0.3, -0.25) is 9.78 Å². The molecule has 1 aromatic heterocycles. The number of primary amides is 1. The van der Waals surface area contributed by atoms with Gasteiger partial charge < -0.3 is 10.5 Å². The summed E-state index contributed by atoms with van der Waals surface area (Å²) >= 11 is 0. The van der Waals surface area contributed by atoms with E-state index in [1.165, 1.54) is 12.4 Å². The van der Waals surface area contributed by atoms with E-state index in [1.54, 1.807) is 0 Å². The molecule has 0 saturated heterocycles. The maximum atomic E-state index is 10.6. The van der Waals surface area contributed by atoms with Gasteiger partial charge in [-0.15, -0.1) is 0 Å². The van der Waals surface area contributed by atoms with E-state index in [2.05, 4.69) is 9.97 Å². The van der Waals surface area contributed by atoms with Crippen molar-refractivity contribution in [3.8, 4) is 5.88 Å². The first kappa shape index (κ1) is 8.45. The number of nitrogens with zero attached hydrogens (tertiary/aromatic N) is 2. The maximum absolute atomic E-state index is 10.6. The maximum Gasteiger partial charge on any atom is 0.269 e. The Morgan fingerprint density at radius 1 is 1.67 bits per heavy atom.